The Morgan fingerprint density at radius 1 is 1.10 bits per heavy atom. The van der Waals surface area contributed by atoms with Crippen molar-refractivity contribution in [3.63, 3.8) is 0 Å². The minimum absolute atomic E-state index is 0.0324. The van der Waals surface area contributed by atoms with Crippen molar-refractivity contribution in [2.24, 2.45) is 0 Å². The molecule has 3 rings (SSSR count). The third kappa shape index (κ3) is 3.48. The van der Waals surface area contributed by atoms with Gasteiger partial charge in [0.15, 0.2) is 0 Å². The number of hydrogen-bond donors (Lipinski definition) is 2. The fourth-order valence-corrected chi connectivity index (χ4v) is 2.42. The molecule has 5 heteroatoms. The molecule has 21 heavy (non-hydrogen) atoms. The van der Waals surface area contributed by atoms with Crippen LogP contribution in [0.15, 0.2) is 61.1 Å². The molecule has 4 nitrogen and oxygen atoms in total. The van der Waals surface area contributed by atoms with Gasteiger partial charge in [0.25, 0.3) is 0 Å². The molecule has 0 amide bonds. The lowest BCUT2D eigenvalue weighted by Crippen LogP contribution is -2.23. The monoisotopic (exact) mass is 298 g/mol. The number of H-pyrrole nitrogens is 1. The van der Waals surface area contributed by atoms with Crippen molar-refractivity contribution in [2.45, 2.75) is 12.6 Å². The minimum atomic E-state index is -0.0324. The van der Waals surface area contributed by atoms with E-state index in [0.29, 0.717) is 11.6 Å². The predicted octanol–water partition coefficient (Wildman–Crippen LogP) is 3.34. The Balaban J connectivity index is 1.87. The quantitative estimate of drug-likeness (QED) is 0.759. The summed E-state index contributed by atoms with van der Waals surface area (Å²) in [6.07, 6.45) is 5.35. The molecular formula is C16H15ClN4. The lowest BCUT2D eigenvalue weighted by Gasteiger charge is -2.18. The first-order valence-corrected chi connectivity index (χ1v) is 7.09. The van der Waals surface area contributed by atoms with Crippen molar-refractivity contribution in [1.29, 1.82) is 0 Å². The van der Waals surface area contributed by atoms with E-state index in [2.05, 4.69) is 20.3 Å². The zero-order valence-electron chi connectivity index (χ0n) is 11.3. The molecule has 0 saturated carbocycles. The molecule has 0 spiro atoms. The zero-order chi connectivity index (χ0) is 14.5. The third-order valence-corrected chi connectivity index (χ3v) is 3.43. The van der Waals surface area contributed by atoms with E-state index in [0.717, 1.165) is 17.1 Å². The van der Waals surface area contributed by atoms with E-state index in [1.807, 2.05) is 48.7 Å². The van der Waals surface area contributed by atoms with Crippen LogP contribution < -0.4 is 5.32 Å². The number of rotatable bonds is 5. The van der Waals surface area contributed by atoms with Gasteiger partial charge in [-0.25, -0.2) is 4.98 Å². The SMILES string of the molecule is Clc1cccc([C@H](NCc2ncc[nH]2)c2ccccn2)c1. The maximum atomic E-state index is 6.11. The molecule has 2 heterocycles. The van der Waals surface area contributed by atoms with Crippen LogP contribution in [0.2, 0.25) is 5.02 Å². The van der Waals surface area contributed by atoms with E-state index in [-0.39, 0.29) is 6.04 Å². The number of halogens is 1. The zero-order valence-corrected chi connectivity index (χ0v) is 12.1. The highest BCUT2D eigenvalue weighted by Crippen LogP contribution is 2.23. The van der Waals surface area contributed by atoms with Gasteiger partial charge in [0.1, 0.15) is 5.82 Å². The van der Waals surface area contributed by atoms with Crippen LogP contribution in [0, 0.1) is 0 Å². The highest BCUT2D eigenvalue weighted by molar-refractivity contribution is 6.30. The minimum Gasteiger partial charge on any atom is -0.348 e. The van der Waals surface area contributed by atoms with Gasteiger partial charge in [0, 0.05) is 23.6 Å². The molecule has 0 radical (unpaired) electrons. The summed E-state index contributed by atoms with van der Waals surface area (Å²) in [5, 5.41) is 4.18. The standard InChI is InChI=1S/C16H15ClN4/c17-13-5-3-4-12(10-13)16(14-6-1-2-7-18-14)21-11-15-19-8-9-20-15/h1-10,16,21H,11H2,(H,19,20)/t16-/m0/s1. The normalized spacial score (nSPS) is 12.2. The lowest BCUT2D eigenvalue weighted by molar-refractivity contribution is 0.578. The molecule has 0 aliphatic carbocycles. The van der Waals surface area contributed by atoms with Crippen molar-refractivity contribution in [2.75, 3.05) is 0 Å². The Bertz CT molecular complexity index is 683. The molecular weight excluding hydrogens is 284 g/mol. The fraction of sp³-hybridized carbons (Fsp3) is 0.125. The summed E-state index contributed by atoms with van der Waals surface area (Å²) < 4.78 is 0. The Morgan fingerprint density at radius 3 is 2.76 bits per heavy atom. The highest BCUT2D eigenvalue weighted by Gasteiger charge is 2.15. The number of benzene rings is 1. The second kappa shape index (κ2) is 6.52. The van der Waals surface area contributed by atoms with Gasteiger partial charge >= 0.3 is 0 Å². The first kappa shape index (κ1) is 13.8. The van der Waals surface area contributed by atoms with Crippen molar-refractivity contribution in [3.8, 4) is 0 Å². The number of aromatic amines is 1. The maximum absolute atomic E-state index is 6.11. The third-order valence-electron chi connectivity index (χ3n) is 3.19. The van der Waals surface area contributed by atoms with Gasteiger partial charge in [0.2, 0.25) is 0 Å². The van der Waals surface area contributed by atoms with E-state index < -0.39 is 0 Å². The average Bonchev–Trinajstić information content (AvgIpc) is 3.02. The molecule has 0 fully saturated rings. The summed E-state index contributed by atoms with van der Waals surface area (Å²) in [6, 6.07) is 13.7. The number of hydrogen-bond acceptors (Lipinski definition) is 3. The van der Waals surface area contributed by atoms with Gasteiger partial charge in [-0.05, 0) is 29.8 Å². The summed E-state index contributed by atoms with van der Waals surface area (Å²) in [5.41, 5.74) is 2.03. The second-order valence-electron chi connectivity index (χ2n) is 4.66. The Labute approximate surface area is 128 Å². The molecule has 1 atom stereocenters. The molecule has 106 valence electrons. The smallest absolute Gasteiger partial charge is 0.120 e. The van der Waals surface area contributed by atoms with Gasteiger partial charge in [-0.3, -0.25) is 10.3 Å². The van der Waals surface area contributed by atoms with E-state index in [9.17, 15) is 0 Å². The molecule has 2 N–H and O–H groups in total. The van der Waals surface area contributed by atoms with Gasteiger partial charge < -0.3 is 4.98 Å². The molecule has 0 bridgehead atoms. The van der Waals surface area contributed by atoms with E-state index in [4.69, 9.17) is 11.6 Å². The molecule has 2 aromatic heterocycles. The lowest BCUT2D eigenvalue weighted by atomic mass is 10.0. The van der Waals surface area contributed by atoms with Crippen LogP contribution in [0.5, 0.6) is 0 Å². The van der Waals surface area contributed by atoms with Crippen LogP contribution in [0.1, 0.15) is 23.1 Å². The molecule has 0 aliphatic heterocycles. The number of nitrogens with zero attached hydrogens (tertiary/aromatic N) is 2. The highest BCUT2D eigenvalue weighted by atomic mass is 35.5. The second-order valence-corrected chi connectivity index (χ2v) is 5.10. The number of aromatic nitrogens is 3. The summed E-state index contributed by atoms with van der Waals surface area (Å²) in [4.78, 5) is 11.8. The van der Waals surface area contributed by atoms with E-state index in [1.54, 1.807) is 12.4 Å². The van der Waals surface area contributed by atoms with Crippen LogP contribution in [-0.2, 0) is 6.54 Å². The number of pyridine rings is 1. The number of imidazole rings is 1. The summed E-state index contributed by atoms with van der Waals surface area (Å²) in [6.45, 7) is 0.626. The van der Waals surface area contributed by atoms with Crippen molar-refractivity contribution < 1.29 is 0 Å². The summed E-state index contributed by atoms with van der Waals surface area (Å²) >= 11 is 6.11. The molecule has 0 aliphatic rings. The van der Waals surface area contributed by atoms with Crippen LogP contribution in [0.3, 0.4) is 0 Å². The summed E-state index contributed by atoms with van der Waals surface area (Å²) in [5.74, 6) is 0.887. The van der Waals surface area contributed by atoms with Crippen molar-refractivity contribution in [3.05, 3.63) is 83.2 Å². The molecule has 0 saturated heterocycles. The molecule has 3 aromatic rings. The van der Waals surface area contributed by atoms with Gasteiger partial charge in [-0.15, -0.1) is 0 Å². The predicted molar refractivity (Wildman–Crippen MR) is 83.0 cm³/mol. The first-order valence-electron chi connectivity index (χ1n) is 6.71. The van der Waals surface area contributed by atoms with Gasteiger partial charge in [-0.2, -0.15) is 0 Å². The number of nitrogens with one attached hydrogen (secondary N) is 2. The van der Waals surface area contributed by atoms with Crippen LogP contribution in [0.4, 0.5) is 0 Å². The Hall–Kier alpha value is -2.17. The molecule has 0 unspecified atom stereocenters. The largest absolute Gasteiger partial charge is 0.348 e. The summed E-state index contributed by atoms with van der Waals surface area (Å²) in [7, 11) is 0. The average molecular weight is 299 g/mol. The topological polar surface area (TPSA) is 53.6 Å². The van der Waals surface area contributed by atoms with Crippen molar-refractivity contribution in [1.82, 2.24) is 20.3 Å². The van der Waals surface area contributed by atoms with Crippen LogP contribution >= 0.6 is 11.6 Å². The van der Waals surface area contributed by atoms with E-state index in [1.165, 1.54) is 0 Å². The van der Waals surface area contributed by atoms with Crippen LogP contribution in [0.25, 0.3) is 0 Å². The van der Waals surface area contributed by atoms with Gasteiger partial charge in [-0.1, -0.05) is 29.8 Å². The van der Waals surface area contributed by atoms with Gasteiger partial charge in [0.05, 0.1) is 18.3 Å². The molecule has 1 aromatic carbocycles. The fourth-order valence-electron chi connectivity index (χ4n) is 2.22. The maximum Gasteiger partial charge on any atom is 0.120 e. The van der Waals surface area contributed by atoms with Crippen LogP contribution in [-0.4, -0.2) is 15.0 Å². The Kier molecular flexibility index (Phi) is 4.28. The first-order chi connectivity index (χ1) is 10.3. The Morgan fingerprint density at radius 2 is 2.05 bits per heavy atom. The van der Waals surface area contributed by atoms with Crippen molar-refractivity contribution >= 4 is 11.6 Å². The van der Waals surface area contributed by atoms with E-state index >= 15 is 0 Å².